The Hall–Kier alpha value is -3.17. The van der Waals surface area contributed by atoms with Gasteiger partial charge in [-0.3, -0.25) is 4.98 Å². The molecule has 0 radical (unpaired) electrons. The van der Waals surface area contributed by atoms with Crippen LogP contribution in [0.4, 0.5) is 11.5 Å². The van der Waals surface area contributed by atoms with E-state index in [2.05, 4.69) is 34.0 Å². The minimum Gasteiger partial charge on any atom is -0.494 e. The van der Waals surface area contributed by atoms with Crippen molar-refractivity contribution < 1.29 is 14.3 Å². The quantitative estimate of drug-likeness (QED) is 0.205. The summed E-state index contributed by atoms with van der Waals surface area (Å²) in [6.07, 6.45) is 4.35. The molecule has 3 aromatic rings. The zero-order chi connectivity index (χ0) is 24.3. The summed E-state index contributed by atoms with van der Waals surface area (Å²) in [5.74, 6) is 0.841. The third kappa shape index (κ3) is 6.91. The molecule has 2 heterocycles. The van der Waals surface area contributed by atoms with Crippen molar-refractivity contribution in [1.29, 1.82) is 0 Å². The van der Waals surface area contributed by atoms with Crippen molar-refractivity contribution in [2.24, 2.45) is 0 Å². The molecule has 0 aliphatic rings. The van der Waals surface area contributed by atoms with Crippen LogP contribution in [0.25, 0.3) is 10.6 Å². The number of esters is 1. The van der Waals surface area contributed by atoms with E-state index < -0.39 is 5.97 Å². The molecule has 0 saturated heterocycles. The number of nitrogens with one attached hydrogen (secondary N) is 1. The van der Waals surface area contributed by atoms with Gasteiger partial charge in [-0.1, -0.05) is 13.8 Å². The molecule has 0 fully saturated rings. The summed E-state index contributed by atoms with van der Waals surface area (Å²) in [7, 11) is 0. The Morgan fingerprint density at radius 2 is 1.91 bits per heavy atom. The highest BCUT2D eigenvalue weighted by Gasteiger charge is 2.20. The first-order chi connectivity index (χ1) is 16.5. The second-order valence-corrected chi connectivity index (χ2v) is 8.60. The van der Waals surface area contributed by atoms with Gasteiger partial charge in [0.2, 0.25) is 0 Å². The highest BCUT2D eigenvalue weighted by Crippen LogP contribution is 2.32. The number of anilines is 2. The molecular weight excluding hydrogens is 450 g/mol. The highest BCUT2D eigenvalue weighted by atomic mass is 32.1. The fraction of sp³-hybridized carbons (Fsp3) is 0.400. The Morgan fingerprint density at radius 1 is 1.15 bits per heavy atom. The number of hydrogen-bond donors (Lipinski definition) is 2. The van der Waals surface area contributed by atoms with Crippen LogP contribution in [0.5, 0.6) is 5.75 Å². The van der Waals surface area contributed by atoms with Crippen LogP contribution in [0.3, 0.4) is 0 Å². The number of aromatic nitrogens is 2. The Kier molecular flexibility index (Phi) is 9.66. The van der Waals surface area contributed by atoms with Crippen molar-refractivity contribution in [3.63, 3.8) is 0 Å². The molecule has 0 aliphatic carbocycles. The van der Waals surface area contributed by atoms with E-state index in [4.69, 9.17) is 15.2 Å². The second-order valence-electron chi connectivity index (χ2n) is 7.60. The molecule has 2 aromatic heterocycles. The molecular formula is C25H33N5O3S. The van der Waals surface area contributed by atoms with Crippen molar-refractivity contribution in [1.82, 2.24) is 14.9 Å². The van der Waals surface area contributed by atoms with E-state index in [-0.39, 0.29) is 0 Å². The van der Waals surface area contributed by atoms with Crippen LogP contribution in [-0.4, -0.2) is 53.7 Å². The van der Waals surface area contributed by atoms with Gasteiger partial charge in [-0.25, -0.2) is 9.78 Å². The van der Waals surface area contributed by atoms with Crippen LogP contribution in [0, 0.1) is 0 Å². The first-order valence-electron chi connectivity index (χ1n) is 11.6. The molecule has 9 heteroatoms. The van der Waals surface area contributed by atoms with E-state index in [9.17, 15) is 4.79 Å². The van der Waals surface area contributed by atoms with Crippen molar-refractivity contribution >= 4 is 28.8 Å². The van der Waals surface area contributed by atoms with Crippen LogP contribution < -0.4 is 15.8 Å². The summed E-state index contributed by atoms with van der Waals surface area (Å²) in [5, 5.41) is 3.98. The molecule has 182 valence electrons. The number of thiazole rings is 1. The Bertz CT molecular complexity index is 1050. The van der Waals surface area contributed by atoms with Crippen LogP contribution in [-0.2, 0) is 11.3 Å². The maximum Gasteiger partial charge on any atom is 0.352 e. The van der Waals surface area contributed by atoms with E-state index in [1.54, 1.807) is 19.3 Å². The van der Waals surface area contributed by atoms with Gasteiger partial charge in [-0.2, -0.15) is 0 Å². The minimum atomic E-state index is -0.402. The van der Waals surface area contributed by atoms with E-state index in [1.165, 1.54) is 11.3 Å². The second kappa shape index (κ2) is 12.9. The van der Waals surface area contributed by atoms with Crippen LogP contribution in [0.2, 0.25) is 0 Å². The fourth-order valence-electron chi connectivity index (χ4n) is 3.41. The lowest BCUT2D eigenvalue weighted by Crippen LogP contribution is -2.25. The standard InChI is InChI=1S/C25H33N5O3S/c1-4-30(5-2)14-7-15-33-20-8-9-21(26)19(16-20)17-28-23-22(25(31)32-6-3)34-24(29-23)18-10-12-27-13-11-18/h8-13,16,28H,4-7,14-15,17,26H2,1-3H3. The van der Waals surface area contributed by atoms with Crippen molar-refractivity contribution in [2.75, 3.05) is 43.9 Å². The third-order valence-electron chi connectivity index (χ3n) is 5.36. The minimum absolute atomic E-state index is 0.293. The average molecular weight is 484 g/mol. The monoisotopic (exact) mass is 483 g/mol. The molecule has 0 spiro atoms. The van der Waals surface area contributed by atoms with Gasteiger partial charge in [-0.15, -0.1) is 11.3 Å². The van der Waals surface area contributed by atoms with E-state index >= 15 is 0 Å². The van der Waals surface area contributed by atoms with Gasteiger partial charge in [0.15, 0.2) is 10.7 Å². The summed E-state index contributed by atoms with van der Waals surface area (Å²) >= 11 is 1.29. The topological polar surface area (TPSA) is 103 Å². The SMILES string of the molecule is CCOC(=O)c1sc(-c2ccncc2)nc1NCc1cc(OCCCN(CC)CC)ccc1N. The number of rotatable bonds is 13. The molecule has 0 unspecified atom stereocenters. The number of pyridine rings is 1. The molecule has 8 nitrogen and oxygen atoms in total. The first kappa shape index (κ1) is 25.5. The zero-order valence-electron chi connectivity index (χ0n) is 20.0. The molecule has 3 rings (SSSR count). The van der Waals surface area contributed by atoms with Gasteiger partial charge < -0.3 is 25.4 Å². The number of nitrogens with two attached hydrogens (primary N) is 1. The number of carbonyl (C=O) groups excluding carboxylic acids is 1. The molecule has 0 amide bonds. The molecule has 34 heavy (non-hydrogen) atoms. The number of nitrogen functional groups attached to an aromatic ring is 1. The van der Waals surface area contributed by atoms with Gasteiger partial charge in [-0.05, 0) is 62.3 Å². The predicted molar refractivity (Wildman–Crippen MR) is 137 cm³/mol. The van der Waals surface area contributed by atoms with Crippen molar-refractivity contribution in [3.05, 3.63) is 53.2 Å². The number of carbonyl (C=O) groups is 1. The van der Waals surface area contributed by atoms with Crippen molar-refractivity contribution in [2.45, 2.75) is 33.7 Å². The lowest BCUT2D eigenvalue weighted by atomic mass is 10.1. The lowest BCUT2D eigenvalue weighted by Gasteiger charge is -2.18. The lowest BCUT2D eigenvalue weighted by molar-refractivity contribution is 0.0533. The summed E-state index contributed by atoms with van der Waals surface area (Å²) < 4.78 is 11.2. The van der Waals surface area contributed by atoms with Crippen LogP contribution in [0.1, 0.15) is 42.4 Å². The van der Waals surface area contributed by atoms with Gasteiger partial charge in [0.05, 0.1) is 13.2 Å². The molecule has 0 atom stereocenters. The highest BCUT2D eigenvalue weighted by molar-refractivity contribution is 7.17. The summed E-state index contributed by atoms with van der Waals surface area (Å²) in [6.45, 7) is 10.5. The normalized spacial score (nSPS) is 10.9. The van der Waals surface area contributed by atoms with E-state index in [0.717, 1.165) is 42.9 Å². The van der Waals surface area contributed by atoms with Gasteiger partial charge in [0.25, 0.3) is 0 Å². The van der Waals surface area contributed by atoms with E-state index in [1.807, 2.05) is 30.3 Å². The smallest absolute Gasteiger partial charge is 0.352 e. The van der Waals surface area contributed by atoms with Gasteiger partial charge in [0, 0.05) is 36.7 Å². The number of nitrogens with zero attached hydrogens (tertiary/aromatic N) is 3. The maximum atomic E-state index is 12.5. The number of hydrogen-bond acceptors (Lipinski definition) is 9. The van der Waals surface area contributed by atoms with Crippen LogP contribution >= 0.6 is 11.3 Å². The summed E-state index contributed by atoms with van der Waals surface area (Å²) in [6, 6.07) is 9.37. The number of benzene rings is 1. The first-order valence-corrected chi connectivity index (χ1v) is 12.4. The largest absolute Gasteiger partial charge is 0.494 e. The molecule has 0 bridgehead atoms. The molecule has 1 aromatic carbocycles. The Balaban J connectivity index is 1.69. The van der Waals surface area contributed by atoms with Crippen LogP contribution in [0.15, 0.2) is 42.7 Å². The Labute approximate surface area is 205 Å². The third-order valence-corrected chi connectivity index (χ3v) is 6.44. The average Bonchev–Trinajstić information content (AvgIpc) is 3.29. The van der Waals surface area contributed by atoms with Gasteiger partial charge >= 0.3 is 5.97 Å². The Morgan fingerprint density at radius 3 is 2.62 bits per heavy atom. The van der Waals surface area contributed by atoms with E-state index in [0.29, 0.717) is 41.1 Å². The van der Waals surface area contributed by atoms with Crippen molar-refractivity contribution in [3.8, 4) is 16.3 Å². The maximum absolute atomic E-state index is 12.5. The predicted octanol–water partition coefficient (Wildman–Crippen LogP) is 4.69. The number of ether oxygens (including phenoxy) is 2. The molecule has 0 saturated carbocycles. The van der Waals surface area contributed by atoms with Gasteiger partial charge in [0.1, 0.15) is 10.8 Å². The fourth-order valence-corrected chi connectivity index (χ4v) is 4.36. The zero-order valence-corrected chi connectivity index (χ0v) is 20.9. The molecule has 3 N–H and O–H groups in total. The molecule has 0 aliphatic heterocycles. The summed E-state index contributed by atoms with van der Waals surface area (Å²) in [4.78, 5) is 24.0. The summed E-state index contributed by atoms with van der Waals surface area (Å²) in [5.41, 5.74) is 8.61.